The van der Waals surface area contributed by atoms with Crippen molar-refractivity contribution in [3.05, 3.63) is 0 Å². The molecule has 3 nitrogen and oxygen atoms in total. The number of hydrogen-bond donors (Lipinski definition) is 2. The van der Waals surface area contributed by atoms with Crippen LogP contribution in [0.15, 0.2) is 0 Å². The Morgan fingerprint density at radius 1 is 1.22 bits per heavy atom. The smallest absolute Gasteiger partial charge is 0.315 e. The summed E-state index contributed by atoms with van der Waals surface area (Å²) in [6, 6.07) is 0.429. The quantitative estimate of drug-likeness (QED) is 0.666. The number of rotatable bonds is 7. The minimum absolute atomic E-state index is 0.0190. The third-order valence-electron chi connectivity index (χ3n) is 3.87. The molecule has 0 spiro atoms. The number of nitrogens with one attached hydrogen (secondary N) is 2. The summed E-state index contributed by atoms with van der Waals surface area (Å²) < 4.78 is 0. The summed E-state index contributed by atoms with van der Waals surface area (Å²) in [4.78, 5) is 11.8. The zero-order valence-electron chi connectivity index (χ0n) is 12.3. The molecule has 1 aliphatic rings. The van der Waals surface area contributed by atoms with Gasteiger partial charge in [-0.15, -0.1) is 0 Å². The molecule has 0 atom stereocenters. The summed E-state index contributed by atoms with van der Waals surface area (Å²) in [7, 11) is 0. The van der Waals surface area contributed by atoms with Crippen LogP contribution in [-0.4, -0.2) is 18.6 Å². The Bertz CT molecular complexity index is 245. The second-order valence-electron chi connectivity index (χ2n) is 6.43. The first-order valence-electron chi connectivity index (χ1n) is 7.58. The van der Waals surface area contributed by atoms with Gasteiger partial charge in [-0.05, 0) is 24.7 Å². The van der Waals surface area contributed by atoms with Crippen LogP contribution < -0.4 is 10.6 Å². The number of unbranched alkanes of at least 4 members (excludes halogenated alkanes) is 2. The average molecular weight is 254 g/mol. The number of amides is 2. The minimum Gasteiger partial charge on any atom is -0.338 e. The molecule has 1 saturated carbocycles. The Morgan fingerprint density at radius 3 is 2.50 bits per heavy atom. The molecule has 106 valence electrons. The van der Waals surface area contributed by atoms with Gasteiger partial charge in [0.05, 0.1) is 0 Å². The number of carbonyl (C=O) groups excluding carboxylic acids is 1. The number of hydrogen-bond acceptors (Lipinski definition) is 1. The van der Waals surface area contributed by atoms with E-state index < -0.39 is 0 Å². The Hall–Kier alpha value is -0.730. The molecule has 0 aliphatic heterocycles. The summed E-state index contributed by atoms with van der Waals surface area (Å²) in [5.41, 5.74) is 0.211. The molecule has 18 heavy (non-hydrogen) atoms. The van der Waals surface area contributed by atoms with Crippen LogP contribution in [0.1, 0.15) is 72.1 Å². The molecule has 0 aromatic carbocycles. The van der Waals surface area contributed by atoms with Crippen molar-refractivity contribution in [1.82, 2.24) is 10.6 Å². The second-order valence-corrected chi connectivity index (χ2v) is 6.43. The summed E-state index contributed by atoms with van der Waals surface area (Å²) in [5, 5.41) is 6.10. The maximum Gasteiger partial charge on any atom is 0.315 e. The third kappa shape index (κ3) is 6.27. The zero-order chi connectivity index (χ0) is 13.4. The molecular formula is C15H30N2O. The molecule has 0 saturated heterocycles. The zero-order valence-corrected chi connectivity index (χ0v) is 12.3. The first kappa shape index (κ1) is 15.3. The highest BCUT2D eigenvalue weighted by Gasteiger charge is 2.20. The van der Waals surface area contributed by atoms with Gasteiger partial charge in [0.1, 0.15) is 0 Å². The fourth-order valence-corrected chi connectivity index (χ4v) is 2.57. The van der Waals surface area contributed by atoms with Crippen LogP contribution in [0.3, 0.4) is 0 Å². The fourth-order valence-electron chi connectivity index (χ4n) is 2.57. The molecular weight excluding hydrogens is 224 g/mol. The van der Waals surface area contributed by atoms with Gasteiger partial charge in [-0.2, -0.15) is 0 Å². The number of carbonyl (C=O) groups is 1. The molecule has 0 radical (unpaired) electrons. The highest BCUT2D eigenvalue weighted by Crippen LogP contribution is 2.22. The Balaban J connectivity index is 2.15. The summed E-state index contributed by atoms with van der Waals surface area (Å²) in [5.74, 6) is 0. The van der Waals surface area contributed by atoms with E-state index in [1.807, 2.05) is 0 Å². The van der Waals surface area contributed by atoms with Crippen molar-refractivity contribution in [1.29, 1.82) is 0 Å². The van der Waals surface area contributed by atoms with E-state index in [1.54, 1.807) is 0 Å². The highest BCUT2D eigenvalue weighted by atomic mass is 16.2. The first-order chi connectivity index (χ1) is 8.53. The van der Waals surface area contributed by atoms with E-state index in [9.17, 15) is 4.79 Å². The summed E-state index contributed by atoms with van der Waals surface area (Å²) in [6.45, 7) is 7.46. The Labute approximate surface area is 112 Å². The SMILES string of the molecule is CCCCCC(C)(C)CNC(=O)NC1CCCC1. The van der Waals surface area contributed by atoms with Gasteiger partial charge in [0.25, 0.3) is 0 Å². The van der Waals surface area contributed by atoms with Crippen molar-refractivity contribution in [2.24, 2.45) is 5.41 Å². The fraction of sp³-hybridized carbons (Fsp3) is 0.933. The van der Waals surface area contributed by atoms with Crippen molar-refractivity contribution in [2.75, 3.05) is 6.54 Å². The highest BCUT2D eigenvalue weighted by molar-refractivity contribution is 5.74. The van der Waals surface area contributed by atoms with Crippen molar-refractivity contribution in [2.45, 2.75) is 78.2 Å². The van der Waals surface area contributed by atoms with Gasteiger partial charge in [-0.1, -0.05) is 52.9 Å². The topological polar surface area (TPSA) is 41.1 Å². The standard InChI is InChI=1S/C15H30N2O/c1-4-5-8-11-15(2,3)12-16-14(18)17-13-9-6-7-10-13/h13H,4-12H2,1-3H3,(H2,16,17,18). The maximum absolute atomic E-state index is 11.8. The van der Waals surface area contributed by atoms with Gasteiger partial charge in [0.2, 0.25) is 0 Å². The molecule has 3 heteroatoms. The van der Waals surface area contributed by atoms with Crippen molar-refractivity contribution in [3.8, 4) is 0 Å². The lowest BCUT2D eigenvalue weighted by atomic mass is 9.87. The maximum atomic E-state index is 11.8. The lowest BCUT2D eigenvalue weighted by Crippen LogP contribution is -2.44. The molecule has 0 aromatic heterocycles. The minimum atomic E-state index is 0.0190. The van der Waals surface area contributed by atoms with Crippen molar-refractivity contribution < 1.29 is 4.79 Å². The van der Waals surface area contributed by atoms with E-state index in [-0.39, 0.29) is 11.4 Å². The molecule has 1 aliphatic carbocycles. The molecule has 2 amide bonds. The largest absolute Gasteiger partial charge is 0.338 e. The van der Waals surface area contributed by atoms with Gasteiger partial charge >= 0.3 is 6.03 Å². The molecule has 0 aromatic rings. The summed E-state index contributed by atoms with van der Waals surface area (Å²) in [6.07, 6.45) is 9.80. The molecule has 1 rings (SSSR count). The Morgan fingerprint density at radius 2 is 1.89 bits per heavy atom. The van der Waals surface area contributed by atoms with Crippen LogP contribution in [0.4, 0.5) is 4.79 Å². The van der Waals surface area contributed by atoms with Crippen LogP contribution in [0.5, 0.6) is 0 Å². The van der Waals surface area contributed by atoms with E-state index >= 15 is 0 Å². The predicted octanol–water partition coefficient (Wildman–Crippen LogP) is 3.83. The van der Waals surface area contributed by atoms with Gasteiger partial charge in [-0.3, -0.25) is 0 Å². The van der Waals surface area contributed by atoms with E-state index in [4.69, 9.17) is 0 Å². The van der Waals surface area contributed by atoms with Crippen LogP contribution >= 0.6 is 0 Å². The second kappa shape index (κ2) is 7.65. The van der Waals surface area contributed by atoms with E-state index in [1.165, 1.54) is 38.5 Å². The average Bonchev–Trinajstić information content (AvgIpc) is 2.80. The van der Waals surface area contributed by atoms with Crippen molar-refractivity contribution in [3.63, 3.8) is 0 Å². The first-order valence-corrected chi connectivity index (χ1v) is 7.58. The van der Waals surface area contributed by atoms with E-state index in [2.05, 4.69) is 31.4 Å². The van der Waals surface area contributed by atoms with Crippen LogP contribution in [-0.2, 0) is 0 Å². The van der Waals surface area contributed by atoms with E-state index in [0.717, 1.165) is 19.4 Å². The monoisotopic (exact) mass is 254 g/mol. The number of urea groups is 1. The lowest BCUT2D eigenvalue weighted by Gasteiger charge is -2.25. The molecule has 2 N–H and O–H groups in total. The van der Waals surface area contributed by atoms with Crippen LogP contribution in [0, 0.1) is 5.41 Å². The van der Waals surface area contributed by atoms with Gasteiger partial charge in [-0.25, -0.2) is 4.79 Å². The summed E-state index contributed by atoms with van der Waals surface area (Å²) >= 11 is 0. The van der Waals surface area contributed by atoms with Crippen LogP contribution in [0.25, 0.3) is 0 Å². The molecule has 0 unspecified atom stereocenters. The molecule has 0 heterocycles. The van der Waals surface area contributed by atoms with Gasteiger partial charge in [0.15, 0.2) is 0 Å². The predicted molar refractivity (Wildman–Crippen MR) is 76.7 cm³/mol. The van der Waals surface area contributed by atoms with E-state index in [0.29, 0.717) is 6.04 Å². The van der Waals surface area contributed by atoms with Gasteiger partial charge in [0, 0.05) is 12.6 Å². The van der Waals surface area contributed by atoms with Crippen LogP contribution in [0.2, 0.25) is 0 Å². The Kier molecular flexibility index (Phi) is 6.51. The molecule has 1 fully saturated rings. The van der Waals surface area contributed by atoms with Gasteiger partial charge < -0.3 is 10.6 Å². The third-order valence-corrected chi connectivity index (χ3v) is 3.87. The molecule has 0 bridgehead atoms. The van der Waals surface area contributed by atoms with Crippen molar-refractivity contribution >= 4 is 6.03 Å². The lowest BCUT2D eigenvalue weighted by molar-refractivity contribution is 0.227. The normalized spacial score (nSPS) is 16.8.